The van der Waals surface area contributed by atoms with Gasteiger partial charge >= 0.3 is 0 Å². The van der Waals surface area contributed by atoms with Crippen LogP contribution in [0.25, 0.3) is 27.7 Å². The van der Waals surface area contributed by atoms with Crippen LogP contribution >= 0.6 is 11.6 Å². The maximum absolute atomic E-state index is 12.9. The number of pyridine rings is 1. The Morgan fingerprint density at radius 1 is 0.852 bits per heavy atom. The van der Waals surface area contributed by atoms with Gasteiger partial charge in [0.15, 0.2) is 11.3 Å². The zero-order valence-corrected chi connectivity index (χ0v) is 15.0. The van der Waals surface area contributed by atoms with Gasteiger partial charge in [-0.05, 0) is 42.0 Å². The van der Waals surface area contributed by atoms with Crippen molar-refractivity contribution in [3.8, 4) is 11.1 Å². The van der Waals surface area contributed by atoms with E-state index in [2.05, 4.69) is 10.5 Å². The Hall–Kier alpha value is -3.30. The fourth-order valence-electron chi connectivity index (χ4n) is 3.45. The van der Waals surface area contributed by atoms with Crippen LogP contribution in [0.1, 0.15) is 16.1 Å². The quantitative estimate of drug-likeness (QED) is 0.352. The van der Waals surface area contributed by atoms with Gasteiger partial charge in [0.05, 0.1) is 16.6 Å². The Bertz CT molecular complexity index is 1280. The third kappa shape index (κ3) is 2.56. The summed E-state index contributed by atoms with van der Waals surface area (Å²) in [5.41, 5.74) is 5.22. The van der Waals surface area contributed by atoms with Crippen LogP contribution in [-0.2, 0) is 0 Å². The van der Waals surface area contributed by atoms with Crippen LogP contribution in [0.2, 0.25) is 5.02 Å². The van der Waals surface area contributed by atoms with E-state index in [0.29, 0.717) is 21.9 Å². The lowest BCUT2D eigenvalue weighted by Gasteiger charge is -2.02. The lowest BCUT2D eigenvalue weighted by Crippen LogP contribution is -1.99. The van der Waals surface area contributed by atoms with Gasteiger partial charge in [-0.2, -0.15) is 0 Å². The smallest absolute Gasteiger partial charge is 0.228 e. The average molecular weight is 372 g/mol. The Labute approximate surface area is 160 Å². The molecule has 0 aliphatic heterocycles. The predicted molar refractivity (Wildman–Crippen MR) is 107 cm³/mol. The van der Waals surface area contributed by atoms with Gasteiger partial charge < -0.3 is 8.82 Å². The minimum Gasteiger partial charge on any atom is -0.450 e. The van der Waals surface area contributed by atoms with Crippen molar-refractivity contribution >= 4 is 34.0 Å². The van der Waals surface area contributed by atoms with E-state index in [0.717, 1.165) is 22.2 Å². The third-order valence-corrected chi connectivity index (χ3v) is 4.96. The van der Waals surface area contributed by atoms with E-state index in [-0.39, 0.29) is 5.78 Å². The molecule has 0 saturated carbocycles. The van der Waals surface area contributed by atoms with Gasteiger partial charge in [0.25, 0.3) is 0 Å². The van der Waals surface area contributed by atoms with Crippen LogP contribution in [0.5, 0.6) is 0 Å². The van der Waals surface area contributed by atoms with E-state index < -0.39 is 0 Å². The van der Waals surface area contributed by atoms with Crippen LogP contribution in [0, 0.1) is 0 Å². The van der Waals surface area contributed by atoms with Gasteiger partial charge in [0.1, 0.15) is 0 Å². The molecule has 0 saturated heterocycles. The molecule has 0 spiro atoms. The van der Waals surface area contributed by atoms with E-state index in [1.54, 1.807) is 24.3 Å². The number of carbonyl (C=O) groups excluding carboxylic acids is 1. The van der Waals surface area contributed by atoms with Crippen LogP contribution < -0.4 is 0 Å². The molecule has 3 nitrogen and oxygen atoms in total. The second-order valence-electron chi connectivity index (χ2n) is 6.36. The van der Waals surface area contributed by atoms with Crippen molar-refractivity contribution in [3.05, 3.63) is 101 Å². The van der Waals surface area contributed by atoms with Gasteiger partial charge in [-0.3, -0.25) is 4.79 Å². The molecular formula is C23H14ClNO2. The number of hydrogen-bond acceptors (Lipinski definition) is 2. The van der Waals surface area contributed by atoms with Gasteiger partial charge in [0, 0.05) is 22.8 Å². The fourth-order valence-corrected chi connectivity index (χ4v) is 3.58. The first kappa shape index (κ1) is 15.9. The summed E-state index contributed by atoms with van der Waals surface area (Å²) in [6.07, 6.45) is 1.98. The van der Waals surface area contributed by atoms with Crippen LogP contribution in [0.4, 0.5) is 0 Å². The number of halogens is 1. The highest BCUT2D eigenvalue weighted by molar-refractivity contribution is 6.30. The molecule has 0 aliphatic rings. The molecule has 2 aromatic carbocycles. The zero-order chi connectivity index (χ0) is 18.4. The number of furan rings is 1. The van der Waals surface area contributed by atoms with Gasteiger partial charge in [-0.15, -0.1) is 0 Å². The summed E-state index contributed by atoms with van der Waals surface area (Å²) in [7, 11) is 0. The Morgan fingerprint density at radius 2 is 1.59 bits per heavy atom. The summed E-state index contributed by atoms with van der Waals surface area (Å²) >= 11 is 5.93. The van der Waals surface area contributed by atoms with Crippen LogP contribution in [0.3, 0.4) is 0 Å². The van der Waals surface area contributed by atoms with E-state index in [9.17, 15) is 4.79 Å². The van der Waals surface area contributed by atoms with Crippen molar-refractivity contribution in [2.75, 3.05) is 0 Å². The molecule has 5 aromatic rings. The average Bonchev–Trinajstić information content (AvgIpc) is 3.26. The topological polar surface area (TPSA) is 34.6 Å². The van der Waals surface area contributed by atoms with Gasteiger partial charge in [0.2, 0.25) is 5.78 Å². The molecule has 0 atom stereocenters. The molecule has 0 amide bonds. The zero-order valence-electron chi connectivity index (χ0n) is 14.2. The number of fused-ring (bicyclic) bond motifs is 3. The molecule has 3 heterocycles. The molecule has 3 aromatic heterocycles. The Kier molecular flexibility index (Phi) is 3.62. The number of aromatic nitrogens is 1. The fraction of sp³-hybridized carbons (Fsp3) is 0. The Morgan fingerprint density at radius 3 is 2.37 bits per heavy atom. The number of hydrogen-bond donors (Lipinski definition) is 0. The van der Waals surface area contributed by atoms with E-state index in [1.807, 2.05) is 54.7 Å². The van der Waals surface area contributed by atoms with Crippen molar-refractivity contribution < 1.29 is 9.21 Å². The monoisotopic (exact) mass is 371 g/mol. The standard InChI is InChI=1S/C23H14ClNO2/c24-17-11-9-16(10-12-17)22(26)20-14-19-23(27-20)21(15-6-2-1-3-7-15)18-8-4-5-13-25(18)19/h1-14H. The molecule has 130 valence electrons. The van der Waals surface area contributed by atoms with Gasteiger partial charge in [-0.1, -0.05) is 48.0 Å². The highest BCUT2D eigenvalue weighted by atomic mass is 35.5. The van der Waals surface area contributed by atoms with Crippen molar-refractivity contribution in [2.45, 2.75) is 0 Å². The highest BCUT2D eigenvalue weighted by Gasteiger charge is 2.21. The molecule has 0 aliphatic carbocycles. The predicted octanol–water partition coefficient (Wildman–Crippen LogP) is 6.24. The van der Waals surface area contributed by atoms with E-state index in [4.69, 9.17) is 16.0 Å². The van der Waals surface area contributed by atoms with Crippen LogP contribution in [0.15, 0.2) is 89.5 Å². The SMILES string of the molecule is O=C(c1ccc(Cl)cc1)c1cc2c(o1)c(-c1ccccc1)c1ccccn12. The Balaban J connectivity index is 1.74. The lowest BCUT2D eigenvalue weighted by atomic mass is 10.1. The molecule has 0 N–H and O–H groups in total. The molecule has 4 heteroatoms. The first-order chi connectivity index (χ1) is 13.2. The number of rotatable bonds is 3. The first-order valence-electron chi connectivity index (χ1n) is 8.60. The molecular weight excluding hydrogens is 358 g/mol. The van der Waals surface area contributed by atoms with E-state index in [1.165, 1.54) is 0 Å². The molecule has 0 bridgehead atoms. The maximum atomic E-state index is 12.9. The summed E-state index contributed by atoms with van der Waals surface area (Å²) in [5.74, 6) is 0.157. The van der Waals surface area contributed by atoms with E-state index >= 15 is 0 Å². The normalized spacial score (nSPS) is 11.3. The molecule has 27 heavy (non-hydrogen) atoms. The van der Waals surface area contributed by atoms with Gasteiger partial charge in [-0.25, -0.2) is 0 Å². The number of benzene rings is 2. The molecule has 0 radical (unpaired) electrons. The minimum absolute atomic E-state index is 0.161. The largest absolute Gasteiger partial charge is 0.450 e. The first-order valence-corrected chi connectivity index (χ1v) is 8.98. The second-order valence-corrected chi connectivity index (χ2v) is 6.79. The number of carbonyl (C=O) groups is 1. The third-order valence-electron chi connectivity index (χ3n) is 4.71. The van der Waals surface area contributed by atoms with Crippen molar-refractivity contribution in [3.63, 3.8) is 0 Å². The summed E-state index contributed by atoms with van der Waals surface area (Å²) < 4.78 is 8.14. The molecule has 5 rings (SSSR count). The number of nitrogens with zero attached hydrogens (tertiary/aromatic N) is 1. The summed E-state index contributed by atoms with van der Waals surface area (Å²) in [5, 5.41) is 0.595. The van der Waals surface area contributed by atoms with Crippen molar-refractivity contribution in [1.82, 2.24) is 4.40 Å². The molecule has 0 fully saturated rings. The maximum Gasteiger partial charge on any atom is 0.228 e. The van der Waals surface area contributed by atoms with Crippen molar-refractivity contribution in [2.24, 2.45) is 0 Å². The summed E-state index contributed by atoms with van der Waals surface area (Å²) in [4.78, 5) is 12.9. The lowest BCUT2D eigenvalue weighted by molar-refractivity contribution is 0.101. The summed E-state index contributed by atoms with van der Waals surface area (Å²) in [6, 6.07) is 24.7. The summed E-state index contributed by atoms with van der Waals surface area (Å²) in [6.45, 7) is 0. The van der Waals surface area contributed by atoms with Crippen LogP contribution in [-0.4, -0.2) is 10.2 Å². The highest BCUT2D eigenvalue weighted by Crippen LogP contribution is 2.37. The number of ketones is 1. The van der Waals surface area contributed by atoms with Crippen molar-refractivity contribution in [1.29, 1.82) is 0 Å². The minimum atomic E-state index is -0.161. The second kappa shape index (κ2) is 6.15. The molecule has 0 unspecified atom stereocenters.